The van der Waals surface area contributed by atoms with Gasteiger partial charge in [-0.2, -0.15) is 0 Å². The van der Waals surface area contributed by atoms with Crippen LogP contribution in [0.25, 0.3) is 0 Å². The molecule has 2 heterocycles. The Morgan fingerprint density at radius 3 is 2.36 bits per heavy atom. The lowest BCUT2D eigenvalue weighted by Crippen LogP contribution is -2.60. The molecule has 2 aliphatic heterocycles. The standard InChI is InChI=1S/C24H28FN5O3/c25-18-6-8-19(9-7-18)27-22(31)16-21-24(33)26-10-11-30(21)23(32)17-28-12-14-29(15-13-28)20-4-2-1-3-5-20/h1-9,21H,10-17H2,(H,26,33)(H,27,31)/t21-/m0/s1. The van der Waals surface area contributed by atoms with Crippen LogP contribution in [0.2, 0.25) is 0 Å². The second kappa shape index (κ2) is 10.4. The number of anilines is 2. The van der Waals surface area contributed by atoms with Crippen LogP contribution in [0, 0.1) is 5.82 Å². The SMILES string of the molecule is O=C(C[C@H]1C(=O)NCCN1C(=O)CN1CCN(c2ccccc2)CC1)Nc1ccc(F)cc1. The Balaban J connectivity index is 1.32. The summed E-state index contributed by atoms with van der Waals surface area (Å²) in [6.45, 7) is 4.08. The van der Waals surface area contributed by atoms with Crippen LogP contribution in [-0.2, 0) is 14.4 Å². The first-order valence-electron chi connectivity index (χ1n) is 11.1. The normalized spacial score (nSPS) is 19.2. The molecule has 3 amide bonds. The fourth-order valence-corrected chi connectivity index (χ4v) is 4.22. The lowest BCUT2D eigenvalue weighted by atomic mass is 10.1. The van der Waals surface area contributed by atoms with E-state index in [1.54, 1.807) is 0 Å². The molecule has 2 saturated heterocycles. The van der Waals surface area contributed by atoms with Gasteiger partial charge in [-0.15, -0.1) is 0 Å². The molecule has 2 N–H and O–H groups in total. The molecule has 0 spiro atoms. The van der Waals surface area contributed by atoms with Gasteiger partial charge in [-0.25, -0.2) is 4.39 Å². The topological polar surface area (TPSA) is 85.0 Å². The smallest absolute Gasteiger partial charge is 0.243 e. The fourth-order valence-electron chi connectivity index (χ4n) is 4.22. The molecule has 0 aliphatic carbocycles. The lowest BCUT2D eigenvalue weighted by Gasteiger charge is -2.39. The molecular weight excluding hydrogens is 425 g/mol. The first kappa shape index (κ1) is 22.7. The first-order chi connectivity index (χ1) is 16.0. The van der Waals surface area contributed by atoms with Crippen molar-refractivity contribution in [2.75, 3.05) is 56.0 Å². The van der Waals surface area contributed by atoms with Gasteiger partial charge < -0.3 is 20.4 Å². The molecule has 174 valence electrons. The predicted molar refractivity (Wildman–Crippen MR) is 123 cm³/mol. The van der Waals surface area contributed by atoms with E-state index in [2.05, 4.69) is 32.6 Å². The van der Waals surface area contributed by atoms with Crippen molar-refractivity contribution in [1.29, 1.82) is 0 Å². The van der Waals surface area contributed by atoms with E-state index in [0.29, 0.717) is 18.8 Å². The van der Waals surface area contributed by atoms with E-state index >= 15 is 0 Å². The molecule has 0 bridgehead atoms. The highest BCUT2D eigenvalue weighted by atomic mass is 19.1. The van der Waals surface area contributed by atoms with Crippen LogP contribution in [0.4, 0.5) is 15.8 Å². The largest absolute Gasteiger partial charge is 0.369 e. The Bertz CT molecular complexity index is 977. The van der Waals surface area contributed by atoms with Gasteiger partial charge in [0.25, 0.3) is 0 Å². The van der Waals surface area contributed by atoms with Crippen molar-refractivity contribution in [1.82, 2.24) is 15.1 Å². The van der Waals surface area contributed by atoms with Crippen molar-refractivity contribution in [3.63, 3.8) is 0 Å². The number of halogens is 1. The quantitative estimate of drug-likeness (QED) is 0.689. The van der Waals surface area contributed by atoms with Crippen LogP contribution in [0.15, 0.2) is 54.6 Å². The Morgan fingerprint density at radius 1 is 0.970 bits per heavy atom. The summed E-state index contributed by atoms with van der Waals surface area (Å²) >= 11 is 0. The minimum atomic E-state index is -0.864. The predicted octanol–water partition coefficient (Wildman–Crippen LogP) is 1.30. The van der Waals surface area contributed by atoms with Gasteiger partial charge in [-0.1, -0.05) is 18.2 Å². The summed E-state index contributed by atoms with van der Waals surface area (Å²) < 4.78 is 13.1. The van der Waals surface area contributed by atoms with Crippen LogP contribution in [-0.4, -0.2) is 79.4 Å². The van der Waals surface area contributed by atoms with E-state index in [1.807, 2.05) is 18.2 Å². The number of amides is 3. The Hall–Kier alpha value is -3.46. The van der Waals surface area contributed by atoms with Crippen LogP contribution >= 0.6 is 0 Å². The number of nitrogens with zero attached hydrogens (tertiary/aromatic N) is 3. The average Bonchev–Trinajstić information content (AvgIpc) is 2.83. The second-order valence-electron chi connectivity index (χ2n) is 8.25. The van der Waals surface area contributed by atoms with Crippen molar-refractivity contribution in [2.45, 2.75) is 12.5 Å². The van der Waals surface area contributed by atoms with Crippen molar-refractivity contribution >= 4 is 29.1 Å². The zero-order chi connectivity index (χ0) is 23.2. The summed E-state index contributed by atoms with van der Waals surface area (Å²) in [7, 11) is 0. The summed E-state index contributed by atoms with van der Waals surface area (Å²) in [6, 6.07) is 14.7. The molecule has 1 atom stereocenters. The molecule has 4 rings (SSSR count). The second-order valence-corrected chi connectivity index (χ2v) is 8.25. The fraction of sp³-hybridized carbons (Fsp3) is 0.375. The zero-order valence-corrected chi connectivity index (χ0v) is 18.4. The van der Waals surface area contributed by atoms with Crippen LogP contribution in [0.1, 0.15) is 6.42 Å². The maximum absolute atomic E-state index is 13.1. The van der Waals surface area contributed by atoms with E-state index in [9.17, 15) is 18.8 Å². The number of piperazine rings is 2. The maximum atomic E-state index is 13.1. The number of rotatable bonds is 6. The third kappa shape index (κ3) is 5.87. The average molecular weight is 454 g/mol. The molecule has 2 aromatic rings. The number of benzene rings is 2. The van der Waals surface area contributed by atoms with Gasteiger partial charge in [-0.3, -0.25) is 19.3 Å². The van der Waals surface area contributed by atoms with Crippen LogP contribution in [0.5, 0.6) is 0 Å². The van der Waals surface area contributed by atoms with Crippen molar-refractivity contribution in [2.24, 2.45) is 0 Å². The monoisotopic (exact) mass is 453 g/mol. The number of carbonyl (C=O) groups excluding carboxylic acids is 3. The molecule has 2 aliphatic rings. The molecule has 2 fully saturated rings. The number of para-hydroxylation sites is 1. The molecule has 33 heavy (non-hydrogen) atoms. The van der Waals surface area contributed by atoms with E-state index in [1.165, 1.54) is 34.9 Å². The van der Waals surface area contributed by atoms with Gasteiger partial charge in [0.15, 0.2) is 0 Å². The Kier molecular flexibility index (Phi) is 7.19. The summed E-state index contributed by atoms with van der Waals surface area (Å²) in [6.07, 6.45) is -0.156. The highest BCUT2D eigenvalue weighted by Gasteiger charge is 2.35. The van der Waals surface area contributed by atoms with Gasteiger partial charge in [-0.05, 0) is 36.4 Å². The summed E-state index contributed by atoms with van der Waals surface area (Å²) in [5.41, 5.74) is 1.61. The maximum Gasteiger partial charge on any atom is 0.243 e. The van der Waals surface area contributed by atoms with Crippen molar-refractivity contribution < 1.29 is 18.8 Å². The lowest BCUT2D eigenvalue weighted by molar-refractivity contribution is -0.145. The highest BCUT2D eigenvalue weighted by molar-refractivity contribution is 5.97. The van der Waals surface area contributed by atoms with E-state index in [4.69, 9.17) is 0 Å². The van der Waals surface area contributed by atoms with E-state index in [-0.39, 0.29) is 24.8 Å². The van der Waals surface area contributed by atoms with E-state index < -0.39 is 17.8 Å². The Morgan fingerprint density at radius 2 is 1.67 bits per heavy atom. The number of hydrogen-bond acceptors (Lipinski definition) is 5. The third-order valence-corrected chi connectivity index (χ3v) is 6.01. The molecular formula is C24H28FN5O3. The third-order valence-electron chi connectivity index (χ3n) is 6.01. The van der Waals surface area contributed by atoms with Crippen LogP contribution < -0.4 is 15.5 Å². The minimum absolute atomic E-state index is 0.155. The van der Waals surface area contributed by atoms with Crippen LogP contribution in [0.3, 0.4) is 0 Å². The first-order valence-corrected chi connectivity index (χ1v) is 11.1. The molecule has 9 heteroatoms. The highest BCUT2D eigenvalue weighted by Crippen LogP contribution is 2.17. The van der Waals surface area contributed by atoms with Gasteiger partial charge in [0.05, 0.1) is 13.0 Å². The molecule has 8 nitrogen and oxygen atoms in total. The van der Waals surface area contributed by atoms with E-state index in [0.717, 1.165) is 26.2 Å². The minimum Gasteiger partial charge on any atom is -0.369 e. The number of carbonyl (C=O) groups is 3. The molecule has 2 aromatic carbocycles. The molecule has 0 radical (unpaired) electrons. The summed E-state index contributed by atoms with van der Waals surface area (Å²) in [5, 5.41) is 5.40. The Labute approximate surface area is 192 Å². The number of nitrogens with one attached hydrogen (secondary N) is 2. The van der Waals surface area contributed by atoms with Crippen molar-refractivity contribution in [3.05, 3.63) is 60.4 Å². The van der Waals surface area contributed by atoms with Crippen molar-refractivity contribution in [3.8, 4) is 0 Å². The summed E-state index contributed by atoms with van der Waals surface area (Å²) in [4.78, 5) is 43.9. The summed E-state index contributed by atoms with van der Waals surface area (Å²) in [5.74, 6) is -1.30. The van der Waals surface area contributed by atoms with Gasteiger partial charge in [0, 0.05) is 50.6 Å². The van der Waals surface area contributed by atoms with Gasteiger partial charge >= 0.3 is 0 Å². The zero-order valence-electron chi connectivity index (χ0n) is 18.4. The molecule has 0 unspecified atom stereocenters. The number of hydrogen-bond donors (Lipinski definition) is 2. The van der Waals surface area contributed by atoms with Gasteiger partial charge in [0.2, 0.25) is 17.7 Å². The molecule has 0 saturated carbocycles. The van der Waals surface area contributed by atoms with Gasteiger partial charge in [0.1, 0.15) is 11.9 Å². The molecule has 0 aromatic heterocycles.